The molecule has 2 aromatic rings. The quantitative estimate of drug-likeness (QED) is 0.846. The highest BCUT2D eigenvalue weighted by molar-refractivity contribution is 7.98. The van der Waals surface area contributed by atoms with Crippen molar-refractivity contribution in [3.63, 3.8) is 0 Å². The minimum Gasteiger partial charge on any atom is -0.309 e. The Morgan fingerprint density at radius 3 is 3.05 bits per heavy atom. The van der Waals surface area contributed by atoms with Crippen molar-refractivity contribution in [2.75, 3.05) is 6.26 Å². The zero-order valence-electron chi connectivity index (χ0n) is 10.6. The van der Waals surface area contributed by atoms with E-state index in [2.05, 4.69) is 10.3 Å². The lowest BCUT2D eigenvalue weighted by molar-refractivity contribution is 0.628. The summed E-state index contributed by atoms with van der Waals surface area (Å²) in [6, 6.07) is 5.86. The summed E-state index contributed by atoms with van der Waals surface area (Å²) in [5, 5.41) is 4.23. The molecule has 1 aliphatic carbocycles. The number of benzene rings is 1. The van der Waals surface area contributed by atoms with E-state index in [1.54, 1.807) is 29.2 Å². The standard InChI is InChI=1S/C14H15FN2S2/c1-18-12-4-2-3-11(15)13(12)14-17-8-10(19-14)7-16-9-5-6-9/h2-4,8-9,16H,5-7H2,1H3. The van der Waals surface area contributed by atoms with E-state index in [0.29, 0.717) is 11.6 Å². The smallest absolute Gasteiger partial charge is 0.134 e. The Morgan fingerprint density at radius 1 is 1.47 bits per heavy atom. The molecule has 1 aliphatic rings. The van der Waals surface area contributed by atoms with Crippen molar-refractivity contribution in [3.05, 3.63) is 35.1 Å². The second-order valence-electron chi connectivity index (χ2n) is 4.60. The van der Waals surface area contributed by atoms with Crippen LogP contribution in [0.15, 0.2) is 29.3 Å². The molecular weight excluding hydrogens is 279 g/mol. The summed E-state index contributed by atoms with van der Waals surface area (Å²) >= 11 is 3.13. The third kappa shape index (κ3) is 2.99. The zero-order chi connectivity index (χ0) is 13.2. The van der Waals surface area contributed by atoms with E-state index < -0.39 is 0 Å². The molecule has 0 aliphatic heterocycles. The van der Waals surface area contributed by atoms with Crippen molar-refractivity contribution >= 4 is 23.1 Å². The molecule has 1 aromatic heterocycles. The highest BCUT2D eigenvalue weighted by Gasteiger charge is 2.21. The summed E-state index contributed by atoms with van der Waals surface area (Å²) in [5.74, 6) is -0.192. The lowest BCUT2D eigenvalue weighted by atomic mass is 10.2. The van der Waals surface area contributed by atoms with Crippen molar-refractivity contribution in [1.82, 2.24) is 10.3 Å². The second kappa shape index (κ2) is 5.61. The summed E-state index contributed by atoms with van der Waals surface area (Å²) in [5.41, 5.74) is 0.637. The Morgan fingerprint density at radius 2 is 2.32 bits per heavy atom. The second-order valence-corrected chi connectivity index (χ2v) is 6.57. The van der Waals surface area contributed by atoms with Crippen LogP contribution in [0, 0.1) is 5.82 Å². The molecule has 1 N–H and O–H groups in total. The van der Waals surface area contributed by atoms with Gasteiger partial charge in [-0.3, -0.25) is 0 Å². The summed E-state index contributed by atoms with van der Waals surface area (Å²) in [6.45, 7) is 0.839. The van der Waals surface area contributed by atoms with E-state index in [-0.39, 0.29) is 5.82 Å². The van der Waals surface area contributed by atoms with Gasteiger partial charge in [-0.2, -0.15) is 0 Å². The van der Waals surface area contributed by atoms with Gasteiger partial charge in [-0.15, -0.1) is 23.1 Å². The molecule has 1 fully saturated rings. The van der Waals surface area contributed by atoms with Crippen LogP contribution in [0.5, 0.6) is 0 Å². The lowest BCUT2D eigenvalue weighted by Gasteiger charge is -2.05. The summed E-state index contributed by atoms with van der Waals surface area (Å²) in [7, 11) is 0. The molecule has 1 aromatic carbocycles. The molecule has 0 radical (unpaired) electrons. The maximum atomic E-state index is 14.0. The third-order valence-corrected chi connectivity index (χ3v) is 4.90. The highest BCUT2D eigenvalue weighted by atomic mass is 32.2. The molecule has 0 saturated heterocycles. The van der Waals surface area contributed by atoms with Gasteiger partial charge in [0.2, 0.25) is 0 Å². The normalized spacial score (nSPS) is 14.8. The number of halogens is 1. The maximum absolute atomic E-state index is 14.0. The SMILES string of the molecule is CSc1cccc(F)c1-c1ncc(CNC2CC2)s1. The van der Waals surface area contributed by atoms with Crippen LogP contribution in [0.2, 0.25) is 0 Å². The number of hydrogen-bond donors (Lipinski definition) is 1. The molecule has 1 saturated carbocycles. The van der Waals surface area contributed by atoms with Crippen molar-refractivity contribution < 1.29 is 4.39 Å². The van der Waals surface area contributed by atoms with Crippen molar-refractivity contribution in [2.24, 2.45) is 0 Å². The monoisotopic (exact) mass is 294 g/mol. The fourth-order valence-electron chi connectivity index (χ4n) is 1.92. The fraction of sp³-hybridized carbons (Fsp3) is 0.357. The van der Waals surface area contributed by atoms with E-state index in [4.69, 9.17) is 0 Å². The van der Waals surface area contributed by atoms with Crippen LogP contribution in [0.1, 0.15) is 17.7 Å². The fourth-order valence-corrected chi connectivity index (χ4v) is 3.52. The van der Waals surface area contributed by atoms with Crippen molar-refractivity contribution in [1.29, 1.82) is 0 Å². The van der Waals surface area contributed by atoms with Crippen molar-refractivity contribution in [3.8, 4) is 10.6 Å². The number of thiazole rings is 1. The van der Waals surface area contributed by atoms with Gasteiger partial charge < -0.3 is 5.32 Å². The Labute approximate surface area is 120 Å². The third-order valence-electron chi connectivity index (χ3n) is 3.11. The van der Waals surface area contributed by atoms with Gasteiger partial charge in [-0.25, -0.2) is 9.37 Å². The van der Waals surface area contributed by atoms with Gasteiger partial charge in [0, 0.05) is 28.6 Å². The molecule has 0 amide bonds. The van der Waals surface area contributed by atoms with Gasteiger partial charge in [0.05, 0.1) is 5.56 Å². The van der Waals surface area contributed by atoms with Crippen LogP contribution in [0.4, 0.5) is 4.39 Å². The first kappa shape index (κ1) is 13.1. The van der Waals surface area contributed by atoms with Gasteiger partial charge in [0.1, 0.15) is 10.8 Å². The van der Waals surface area contributed by atoms with Crippen LogP contribution in [0.3, 0.4) is 0 Å². The molecule has 1 heterocycles. The first-order chi connectivity index (χ1) is 9.28. The lowest BCUT2D eigenvalue weighted by Crippen LogP contribution is -2.14. The molecule has 0 spiro atoms. The molecule has 0 bridgehead atoms. The first-order valence-corrected chi connectivity index (χ1v) is 8.33. The van der Waals surface area contributed by atoms with Crippen LogP contribution < -0.4 is 5.32 Å². The van der Waals surface area contributed by atoms with E-state index in [1.807, 2.05) is 18.5 Å². The predicted octanol–water partition coefficient (Wildman–Crippen LogP) is 3.92. The Hall–Kier alpha value is -0.910. The Bertz CT molecular complexity index is 579. The number of rotatable bonds is 5. The molecule has 5 heteroatoms. The van der Waals surface area contributed by atoms with Crippen LogP contribution in [0.25, 0.3) is 10.6 Å². The van der Waals surface area contributed by atoms with E-state index in [1.165, 1.54) is 18.9 Å². The number of aromatic nitrogens is 1. The summed E-state index contributed by atoms with van der Waals surface area (Å²) < 4.78 is 14.0. The molecule has 100 valence electrons. The average Bonchev–Trinajstić information content (AvgIpc) is 3.14. The largest absolute Gasteiger partial charge is 0.309 e. The topological polar surface area (TPSA) is 24.9 Å². The molecule has 0 atom stereocenters. The van der Waals surface area contributed by atoms with Gasteiger partial charge in [0.15, 0.2) is 0 Å². The van der Waals surface area contributed by atoms with Gasteiger partial charge in [-0.05, 0) is 31.2 Å². The van der Waals surface area contributed by atoms with E-state index >= 15 is 0 Å². The Kier molecular flexibility index (Phi) is 3.86. The predicted molar refractivity (Wildman–Crippen MR) is 79.2 cm³/mol. The highest BCUT2D eigenvalue weighted by Crippen LogP contribution is 2.35. The van der Waals surface area contributed by atoms with Crippen molar-refractivity contribution in [2.45, 2.75) is 30.3 Å². The zero-order valence-corrected chi connectivity index (χ0v) is 12.3. The molecular formula is C14H15FN2S2. The summed E-state index contributed by atoms with van der Waals surface area (Å²) in [4.78, 5) is 6.48. The van der Waals surface area contributed by atoms with Gasteiger partial charge >= 0.3 is 0 Å². The molecule has 2 nitrogen and oxygen atoms in total. The number of hydrogen-bond acceptors (Lipinski definition) is 4. The first-order valence-electron chi connectivity index (χ1n) is 6.29. The van der Waals surface area contributed by atoms with Gasteiger partial charge in [-0.1, -0.05) is 6.07 Å². The molecule has 0 unspecified atom stereocenters. The van der Waals surface area contributed by atoms with Crippen LogP contribution in [-0.2, 0) is 6.54 Å². The minimum absolute atomic E-state index is 0.192. The van der Waals surface area contributed by atoms with E-state index in [0.717, 1.165) is 21.3 Å². The van der Waals surface area contributed by atoms with Gasteiger partial charge in [0.25, 0.3) is 0 Å². The average molecular weight is 294 g/mol. The molecule has 3 rings (SSSR count). The maximum Gasteiger partial charge on any atom is 0.134 e. The van der Waals surface area contributed by atoms with Crippen LogP contribution in [-0.4, -0.2) is 17.3 Å². The molecule has 19 heavy (non-hydrogen) atoms. The van der Waals surface area contributed by atoms with Crippen LogP contribution >= 0.6 is 23.1 Å². The Balaban J connectivity index is 1.84. The van der Waals surface area contributed by atoms with E-state index in [9.17, 15) is 4.39 Å². The number of thioether (sulfide) groups is 1. The number of nitrogens with one attached hydrogen (secondary N) is 1. The summed E-state index contributed by atoms with van der Waals surface area (Å²) in [6.07, 6.45) is 6.36. The minimum atomic E-state index is -0.192. The number of nitrogens with zero attached hydrogens (tertiary/aromatic N) is 1.